The largest absolute Gasteiger partial charge is 1.00 e. The van der Waals surface area contributed by atoms with Gasteiger partial charge in [0.05, 0.1) is 0 Å². The number of hydrogen-bond acceptors (Lipinski definition) is 0. The van der Waals surface area contributed by atoms with Crippen molar-refractivity contribution in [2.45, 2.75) is 34.6 Å². The molecule has 1 aliphatic carbocycles. The molecule has 0 saturated heterocycles. The van der Waals surface area contributed by atoms with Crippen LogP contribution < -0.4 is 24.8 Å². The molecule has 0 fully saturated rings. The van der Waals surface area contributed by atoms with E-state index in [1.165, 1.54) is 35.9 Å². The van der Waals surface area contributed by atoms with Crippen LogP contribution in [0.4, 0.5) is 0 Å². The predicted molar refractivity (Wildman–Crippen MR) is 109 cm³/mol. The normalized spacial score (nSPS) is 14.6. The minimum absolute atomic E-state index is 0. The molecule has 0 saturated carbocycles. The van der Waals surface area contributed by atoms with Gasteiger partial charge in [0.25, 0.3) is 0 Å². The molecule has 3 heteroatoms. The van der Waals surface area contributed by atoms with Crippen LogP contribution in [0, 0.1) is 12.0 Å². The summed E-state index contributed by atoms with van der Waals surface area (Å²) in [7, 11) is 0. The fourth-order valence-electron chi connectivity index (χ4n) is 2.90. The molecule has 0 heterocycles. The monoisotopic (exact) mass is 474 g/mol. The van der Waals surface area contributed by atoms with Crippen LogP contribution in [-0.4, -0.2) is 3.21 Å². The van der Waals surface area contributed by atoms with Crippen molar-refractivity contribution in [3.05, 3.63) is 77.9 Å². The summed E-state index contributed by atoms with van der Waals surface area (Å²) in [6.45, 7) is 10.6. The predicted octanol–water partition coefficient (Wildman–Crippen LogP) is 0.797. The molecule has 1 unspecified atom stereocenters. The van der Waals surface area contributed by atoms with Crippen molar-refractivity contribution in [1.29, 1.82) is 0 Å². The average Bonchev–Trinajstić information content (AvgIpc) is 3.06. The van der Waals surface area contributed by atoms with E-state index >= 15 is 0 Å². The van der Waals surface area contributed by atoms with Gasteiger partial charge in [-0.1, -0.05) is 56.2 Å². The van der Waals surface area contributed by atoms with Gasteiger partial charge in [-0.25, -0.2) is 11.1 Å². The van der Waals surface area contributed by atoms with Gasteiger partial charge in [0.1, 0.15) is 0 Å². The van der Waals surface area contributed by atoms with Gasteiger partial charge in [0.2, 0.25) is 0 Å². The van der Waals surface area contributed by atoms with Crippen LogP contribution in [0.5, 0.6) is 0 Å². The Bertz CT molecular complexity index is 859. The molecule has 1 aliphatic rings. The van der Waals surface area contributed by atoms with Gasteiger partial charge < -0.3 is 24.8 Å². The number of halogens is 2. The molecule has 142 valence electrons. The van der Waals surface area contributed by atoms with Gasteiger partial charge in [0.15, 0.2) is 0 Å². The molecule has 27 heavy (non-hydrogen) atoms. The molecule has 0 nitrogen and oxygen atoms in total. The number of hydrogen-bond donors (Lipinski definition) is 0. The zero-order valence-corrected chi connectivity index (χ0v) is 20.6. The van der Waals surface area contributed by atoms with E-state index < -0.39 is 0 Å². The van der Waals surface area contributed by atoms with Crippen LogP contribution in [0.25, 0.3) is 21.5 Å². The quantitative estimate of drug-likeness (QED) is 0.421. The Hall–Kier alpha value is -0.877. The summed E-state index contributed by atoms with van der Waals surface area (Å²) in [5.41, 5.74) is 2.70. The van der Waals surface area contributed by atoms with Gasteiger partial charge >= 0.3 is 41.3 Å². The van der Waals surface area contributed by atoms with Crippen LogP contribution in [0.3, 0.4) is 0 Å². The molecular formula is C24H26Cl2Zr-2. The molecule has 3 aromatic rings. The first-order valence-corrected chi connectivity index (χ1v) is 9.95. The summed E-state index contributed by atoms with van der Waals surface area (Å²) in [6, 6.07) is 19.3. The zero-order chi connectivity index (χ0) is 18.4. The van der Waals surface area contributed by atoms with Crippen molar-refractivity contribution in [3.8, 4) is 0 Å². The van der Waals surface area contributed by atoms with E-state index in [-0.39, 0.29) is 24.8 Å². The molecule has 0 radical (unpaired) electrons. The van der Waals surface area contributed by atoms with Gasteiger partial charge in [-0.05, 0) is 0 Å². The third-order valence-corrected chi connectivity index (χ3v) is 4.06. The Morgan fingerprint density at radius 2 is 1.30 bits per heavy atom. The first-order chi connectivity index (χ1) is 11.9. The van der Waals surface area contributed by atoms with Gasteiger partial charge in [-0.3, -0.25) is 6.08 Å². The van der Waals surface area contributed by atoms with E-state index in [1.807, 2.05) is 0 Å². The molecule has 4 rings (SSSR count). The third-order valence-electron chi connectivity index (χ3n) is 4.06. The molecule has 0 aliphatic heterocycles. The van der Waals surface area contributed by atoms with E-state index in [0.717, 1.165) is 0 Å². The van der Waals surface area contributed by atoms with E-state index in [9.17, 15) is 0 Å². The maximum absolute atomic E-state index is 3.29. The Morgan fingerprint density at radius 3 is 1.59 bits per heavy atom. The topological polar surface area (TPSA) is 0 Å². The number of allylic oxidation sites excluding steroid dienone is 4. The fourth-order valence-corrected chi connectivity index (χ4v) is 2.90. The van der Waals surface area contributed by atoms with E-state index in [0.29, 0.717) is 5.92 Å². The van der Waals surface area contributed by atoms with Crippen LogP contribution in [0.15, 0.2) is 71.8 Å². The fraction of sp³-hybridized carbons (Fsp3) is 0.250. The maximum Gasteiger partial charge on any atom is -0.0771 e. The Labute approximate surface area is 191 Å². The van der Waals surface area contributed by atoms with Crippen molar-refractivity contribution in [2.24, 2.45) is 5.92 Å². The maximum atomic E-state index is 3.29. The summed E-state index contributed by atoms with van der Waals surface area (Å²) in [4.78, 5) is 0. The number of fused-ring (bicyclic) bond motifs is 3. The summed E-state index contributed by atoms with van der Waals surface area (Å²) in [5, 5.41) is 5.39. The van der Waals surface area contributed by atoms with Crippen molar-refractivity contribution < 1.29 is 49.0 Å². The summed E-state index contributed by atoms with van der Waals surface area (Å²) in [6.07, 6.45) is 5.52. The SMILES string of the molecule is CC1=[C-]C(C)C=C1C.C[C](C)=[Zr+2].[Cl-].[Cl-].c1ccc2c(c1)[cH-]c1ccccc12. The van der Waals surface area contributed by atoms with Crippen LogP contribution >= 0.6 is 0 Å². The zero-order valence-electron chi connectivity index (χ0n) is 16.6. The Kier molecular flexibility index (Phi) is 12.1. The van der Waals surface area contributed by atoms with E-state index in [4.69, 9.17) is 0 Å². The second-order valence-corrected chi connectivity index (χ2v) is 9.18. The second kappa shape index (κ2) is 12.6. The van der Waals surface area contributed by atoms with Crippen LogP contribution in [0.2, 0.25) is 0 Å². The number of benzene rings is 2. The molecule has 0 aromatic heterocycles. The van der Waals surface area contributed by atoms with E-state index in [2.05, 4.69) is 101 Å². The molecule has 0 bridgehead atoms. The van der Waals surface area contributed by atoms with E-state index in [1.54, 1.807) is 24.2 Å². The first kappa shape index (κ1) is 26.1. The second-order valence-electron chi connectivity index (χ2n) is 6.73. The molecule has 3 aromatic carbocycles. The summed E-state index contributed by atoms with van der Waals surface area (Å²) >= 11 is 1.55. The minimum atomic E-state index is 0. The smallest absolute Gasteiger partial charge is 0.0771 e. The standard InChI is InChI=1S/C13H9.C8H11.C3H6.2ClH.Zr/c1-3-7-12-10(5-1)9-11-6-2-4-8-13(11)12;1-6-4-7(2)8(3)5-6;1-3-2;;;/h1-9H;4,6H,1-3H3;1-2H3;2*1H;/q2*-1;;;;+2/p-2. The van der Waals surface area contributed by atoms with Crippen molar-refractivity contribution in [2.75, 3.05) is 0 Å². The van der Waals surface area contributed by atoms with Crippen LogP contribution in [-0.2, 0) is 24.2 Å². The Morgan fingerprint density at radius 1 is 0.889 bits per heavy atom. The Balaban J connectivity index is 0.000000422. The number of rotatable bonds is 0. The van der Waals surface area contributed by atoms with Crippen molar-refractivity contribution in [3.63, 3.8) is 0 Å². The van der Waals surface area contributed by atoms with Crippen molar-refractivity contribution in [1.82, 2.24) is 0 Å². The van der Waals surface area contributed by atoms with Gasteiger partial charge in [-0.2, -0.15) is 6.08 Å². The molecular weight excluding hydrogens is 450 g/mol. The molecule has 1 atom stereocenters. The van der Waals surface area contributed by atoms with Gasteiger partial charge in [0, 0.05) is 0 Å². The average molecular weight is 477 g/mol. The van der Waals surface area contributed by atoms with Crippen molar-refractivity contribution >= 4 is 24.8 Å². The first-order valence-electron chi connectivity index (χ1n) is 8.72. The molecule has 0 N–H and O–H groups in total. The third kappa shape index (κ3) is 7.94. The molecule has 0 spiro atoms. The summed E-state index contributed by atoms with van der Waals surface area (Å²) < 4.78 is 1.51. The molecule has 0 amide bonds. The minimum Gasteiger partial charge on any atom is -1.00 e. The summed E-state index contributed by atoms with van der Waals surface area (Å²) in [5.74, 6) is 0.551. The van der Waals surface area contributed by atoms with Crippen LogP contribution in [0.1, 0.15) is 34.6 Å². The van der Waals surface area contributed by atoms with Gasteiger partial charge in [-0.15, -0.1) is 46.7 Å².